The standard InChI is InChI=1S/C72H78N2O14/c1-7-13-35-73-69(75)53-41-57(85-49-27-19-45(20-28-49)81-37-15-9-3)63-65-59(87-51-31-23-47(24-32-51)83-39-17-11-5)43-55(71(77)78)62-56(72(79)80)44-60(88-52-33-25-48(26-34-52)84-40-18-12-6)66(68(62)65)64-58(86-50-29-21-46(22-30-50)82-38-16-10-4)42-54(61(53)67(63)64)70(76)74-36-14-8-2/h19-34,41-44H,7-18,35-40H2,1-6H3,(H,73,75)(H,74,76)(H,77,78)(H,79,80). The van der Waals surface area contributed by atoms with Gasteiger partial charge in [0.25, 0.3) is 11.8 Å². The van der Waals surface area contributed by atoms with Crippen molar-refractivity contribution in [1.29, 1.82) is 0 Å². The second-order valence-electron chi connectivity index (χ2n) is 21.6. The van der Waals surface area contributed by atoms with Crippen molar-refractivity contribution < 1.29 is 67.3 Å². The number of fused-ring (bicyclic) bond motifs is 2. The third kappa shape index (κ3) is 14.7. The molecule has 0 saturated heterocycles. The summed E-state index contributed by atoms with van der Waals surface area (Å²) in [7, 11) is 0. The summed E-state index contributed by atoms with van der Waals surface area (Å²) in [5, 5.41) is 30.2. The van der Waals surface area contributed by atoms with Crippen LogP contribution >= 0.6 is 0 Å². The van der Waals surface area contributed by atoms with Gasteiger partial charge in [-0.25, -0.2) is 9.59 Å². The Balaban J connectivity index is 1.49. The molecule has 0 radical (unpaired) electrons. The molecule has 16 heteroatoms. The molecule has 0 atom stereocenters. The molecule has 0 saturated carbocycles. The van der Waals surface area contributed by atoms with Gasteiger partial charge in [0.1, 0.15) is 69.0 Å². The van der Waals surface area contributed by atoms with Crippen LogP contribution in [0.5, 0.6) is 69.0 Å². The van der Waals surface area contributed by atoms with Crippen molar-refractivity contribution in [2.24, 2.45) is 0 Å². The van der Waals surface area contributed by atoms with Crippen molar-refractivity contribution in [2.75, 3.05) is 39.5 Å². The fraction of sp³-hybridized carbons (Fsp3) is 0.333. The van der Waals surface area contributed by atoms with Crippen LogP contribution in [-0.2, 0) is 0 Å². The number of carbonyl (C=O) groups is 4. The molecule has 0 aliphatic carbocycles. The quantitative estimate of drug-likeness (QED) is 0.0168. The average molecular weight is 1200 g/mol. The Hall–Kier alpha value is -9.44. The number of carbonyl (C=O) groups excluding carboxylic acids is 2. The maximum atomic E-state index is 15.3. The normalized spacial score (nSPS) is 11.2. The number of nitrogens with one attached hydrogen (secondary N) is 2. The van der Waals surface area contributed by atoms with Gasteiger partial charge in [-0.1, -0.05) is 80.1 Å². The molecule has 0 aliphatic heterocycles. The lowest BCUT2D eigenvalue weighted by molar-refractivity contribution is 0.0695. The predicted octanol–water partition coefficient (Wildman–Crippen LogP) is 18.1. The molecule has 4 N–H and O–H groups in total. The highest BCUT2D eigenvalue weighted by molar-refractivity contribution is 6.42. The highest BCUT2D eigenvalue weighted by atomic mass is 16.5. The summed E-state index contributed by atoms with van der Waals surface area (Å²) >= 11 is 0. The van der Waals surface area contributed by atoms with Crippen LogP contribution in [-0.4, -0.2) is 73.5 Å². The van der Waals surface area contributed by atoms with Crippen LogP contribution < -0.4 is 48.5 Å². The number of hydrogen-bond donors (Lipinski definition) is 4. The molecular formula is C72H78N2O14. The van der Waals surface area contributed by atoms with Crippen molar-refractivity contribution >= 4 is 66.8 Å². The van der Waals surface area contributed by atoms with E-state index in [4.69, 9.17) is 37.9 Å². The highest BCUT2D eigenvalue weighted by Crippen LogP contribution is 2.57. The third-order valence-electron chi connectivity index (χ3n) is 15.0. The first-order valence-corrected chi connectivity index (χ1v) is 30.9. The van der Waals surface area contributed by atoms with Crippen LogP contribution in [0.1, 0.15) is 160 Å². The SMILES string of the molecule is CCCCNC(=O)c1cc(Oc2ccc(OCCCC)cc2)c2c3c(Oc4ccc(OCCCC)cc4)cc(C(=O)O)c4c(C(=O)O)cc(Oc5ccc(OCCCC)cc5)c(c5c(Oc6ccc(OCCCC)cc6)cc(C(=O)NCCCC)c1c25)c43. The molecule has 0 aromatic heterocycles. The van der Waals surface area contributed by atoms with Crippen LogP contribution in [0, 0.1) is 0 Å². The maximum Gasteiger partial charge on any atom is 0.336 e. The zero-order valence-corrected chi connectivity index (χ0v) is 51.1. The minimum Gasteiger partial charge on any atom is -0.494 e. The summed E-state index contributed by atoms with van der Waals surface area (Å²) < 4.78 is 52.2. The maximum absolute atomic E-state index is 15.3. The van der Waals surface area contributed by atoms with Crippen molar-refractivity contribution in [1.82, 2.24) is 10.6 Å². The number of benzene rings is 9. The van der Waals surface area contributed by atoms with Crippen molar-refractivity contribution in [2.45, 2.75) is 119 Å². The van der Waals surface area contributed by atoms with E-state index in [0.29, 0.717) is 86.9 Å². The second kappa shape index (κ2) is 30.3. The van der Waals surface area contributed by atoms with Crippen LogP contribution in [0.25, 0.3) is 43.1 Å². The Labute approximate surface area is 513 Å². The van der Waals surface area contributed by atoms with E-state index in [1.165, 1.54) is 12.1 Å². The smallest absolute Gasteiger partial charge is 0.336 e. The summed E-state index contributed by atoms with van der Waals surface area (Å²) in [4.78, 5) is 58.8. The molecule has 0 bridgehead atoms. The zero-order valence-electron chi connectivity index (χ0n) is 51.1. The Kier molecular flexibility index (Phi) is 21.7. The number of ether oxygens (including phenoxy) is 8. The molecule has 0 aliphatic rings. The summed E-state index contributed by atoms with van der Waals surface area (Å²) in [6, 6.07) is 33.6. The van der Waals surface area contributed by atoms with Gasteiger partial charge >= 0.3 is 11.9 Å². The van der Waals surface area contributed by atoms with Crippen molar-refractivity contribution in [3.05, 3.63) is 144 Å². The van der Waals surface area contributed by atoms with E-state index in [0.717, 1.165) is 64.2 Å². The lowest BCUT2D eigenvalue weighted by Gasteiger charge is -2.26. The lowest BCUT2D eigenvalue weighted by atomic mass is 9.82. The van der Waals surface area contributed by atoms with Crippen LogP contribution in [0.2, 0.25) is 0 Å². The van der Waals surface area contributed by atoms with Crippen molar-refractivity contribution in [3.63, 3.8) is 0 Å². The molecule has 2 amide bonds. The Morgan fingerprint density at radius 3 is 0.773 bits per heavy atom. The Morgan fingerprint density at radius 2 is 0.534 bits per heavy atom. The fourth-order valence-corrected chi connectivity index (χ4v) is 10.4. The number of hydrogen-bond acceptors (Lipinski definition) is 12. The molecule has 88 heavy (non-hydrogen) atoms. The topological polar surface area (TPSA) is 207 Å². The van der Waals surface area contributed by atoms with E-state index in [9.17, 15) is 19.8 Å². The molecule has 9 rings (SSSR count). The molecule has 9 aromatic rings. The number of unbranched alkanes of at least 4 members (excludes halogenated alkanes) is 6. The molecule has 0 fully saturated rings. The van der Waals surface area contributed by atoms with Gasteiger partial charge in [0.15, 0.2) is 0 Å². The van der Waals surface area contributed by atoms with E-state index in [1.54, 1.807) is 109 Å². The number of carboxylic acids is 2. The van der Waals surface area contributed by atoms with Gasteiger partial charge < -0.3 is 58.7 Å². The van der Waals surface area contributed by atoms with E-state index >= 15 is 9.59 Å². The fourth-order valence-electron chi connectivity index (χ4n) is 10.4. The molecule has 9 aromatic carbocycles. The molecule has 460 valence electrons. The molecule has 16 nitrogen and oxygen atoms in total. The summed E-state index contributed by atoms with van der Waals surface area (Å²) in [5.41, 5.74) is -0.684. The van der Waals surface area contributed by atoms with Gasteiger partial charge in [0.2, 0.25) is 0 Å². The molecule has 0 unspecified atom stereocenters. The minimum atomic E-state index is -1.46. The minimum absolute atomic E-state index is 0.0385. The van der Waals surface area contributed by atoms with Gasteiger partial charge in [-0.15, -0.1) is 0 Å². The van der Waals surface area contributed by atoms with Crippen LogP contribution in [0.4, 0.5) is 0 Å². The molecule has 0 heterocycles. The number of aromatic carboxylic acids is 2. The van der Waals surface area contributed by atoms with E-state index in [-0.39, 0.29) is 88.7 Å². The summed E-state index contributed by atoms with van der Waals surface area (Å²) in [6.07, 6.45) is 9.99. The van der Waals surface area contributed by atoms with Crippen LogP contribution in [0.15, 0.2) is 121 Å². The third-order valence-corrected chi connectivity index (χ3v) is 15.0. The largest absolute Gasteiger partial charge is 0.494 e. The van der Waals surface area contributed by atoms with Crippen LogP contribution in [0.3, 0.4) is 0 Å². The first-order chi connectivity index (χ1) is 42.9. The first kappa shape index (κ1) is 63.1. The van der Waals surface area contributed by atoms with Gasteiger partial charge in [-0.05, 0) is 160 Å². The number of rotatable bonds is 34. The van der Waals surface area contributed by atoms with E-state index in [1.807, 2.05) is 13.8 Å². The van der Waals surface area contributed by atoms with Gasteiger partial charge in [0, 0.05) is 56.2 Å². The number of carboxylic acid groups (broad SMARTS) is 2. The Morgan fingerprint density at radius 1 is 0.307 bits per heavy atom. The van der Waals surface area contributed by atoms with Gasteiger partial charge in [0.05, 0.1) is 48.7 Å². The monoisotopic (exact) mass is 1190 g/mol. The van der Waals surface area contributed by atoms with E-state index < -0.39 is 34.9 Å². The van der Waals surface area contributed by atoms with Gasteiger partial charge in [-0.3, -0.25) is 9.59 Å². The lowest BCUT2D eigenvalue weighted by Crippen LogP contribution is -2.27. The second-order valence-corrected chi connectivity index (χ2v) is 21.6. The summed E-state index contributed by atoms with van der Waals surface area (Å²) in [6.45, 7) is 14.9. The van der Waals surface area contributed by atoms with E-state index in [2.05, 4.69) is 38.3 Å². The molecule has 0 spiro atoms. The number of amides is 2. The zero-order chi connectivity index (χ0) is 62.1. The first-order valence-electron chi connectivity index (χ1n) is 30.9. The predicted molar refractivity (Wildman–Crippen MR) is 344 cm³/mol. The van der Waals surface area contributed by atoms with Crippen molar-refractivity contribution in [3.8, 4) is 69.0 Å². The summed E-state index contributed by atoms with van der Waals surface area (Å²) in [5.74, 6) is -0.334. The van der Waals surface area contributed by atoms with Gasteiger partial charge in [-0.2, -0.15) is 0 Å². The molecular weight excluding hydrogens is 1120 g/mol. The average Bonchev–Trinajstić information content (AvgIpc) is 0.699. The Bertz CT molecular complexity index is 3620. The highest BCUT2D eigenvalue weighted by Gasteiger charge is 2.34.